The largest absolute Gasteiger partial charge is 0.380 e. The van der Waals surface area contributed by atoms with Gasteiger partial charge in [0.15, 0.2) is 0 Å². The van der Waals surface area contributed by atoms with Crippen molar-refractivity contribution in [3.05, 3.63) is 82.5 Å². The van der Waals surface area contributed by atoms with Crippen LogP contribution >= 0.6 is 0 Å². The average Bonchev–Trinajstić information content (AvgIpc) is 3.04. The molecule has 0 spiro atoms. The Morgan fingerprint density at radius 3 is 2.55 bits per heavy atom. The van der Waals surface area contributed by atoms with Crippen molar-refractivity contribution in [2.45, 2.75) is 39.8 Å². The van der Waals surface area contributed by atoms with E-state index >= 15 is 0 Å². The van der Waals surface area contributed by atoms with Crippen LogP contribution in [0.25, 0.3) is 0 Å². The molecule has 0 bridgehead atoms. The zero-order valence-corrected chi connectivity index (χ0v) is 16.6. The van der Waals surface area contributed by atoms with E-state index in [-0.39, 0.29) is 5.91 Å². The monoisotopic (exact) mass is 390 g/mol. The van der Waals surface area contributed by atoms with Gasteiger partial charge >= 0.3 is 0 Å². The van der Waals surface area contributed by atoms with Crippen molar-refractivity contribution in [2.24, 2.45) is 5.16 Å². The van der Waals surface area contributed by atoms with Crippen molar-refractivity contribution in [1.82, 2.24) is 15.0 Å². The first-order chi connectivity index (χ1) is 14.0. The Labute approximate surface area is 169 Å². The summed E-state index contributed by atoms with van der Waals surface area (Å²) < 4.78 is 5.28. The number of nitrogens with zero attached hydrogens (tertiary/aromatic N) is 4. The molecule has 0 N–H and O–H groups in total. The van der Waals surface area contributed by atoms with Crippen molar-refractivity contribution in [1.29, 1.82) is 0 Å². The maximum atomic E-state index is 13.4. The zero-order valence-electron chi connectivity index (χ0n) is 16.6. The van der Waals surface area contributed by atoms with Gasteiger partial charge < -0.3 is 9.36 Å². The number of rotatable bonds is 5. The van der Waals surface area contributed by atoms with Crippen LogP contribution in [0.5, 0.6) is 0 Å². The van der Waals surface area contributed by atoms with Gasteiger partial charge in [-0.3, -0.25) is 14.7 Å². The van der Waals surface area contributed by atoms with Gasteiger partial charge in [-0.25, -0.2) is 0 Å². The number of aryl methyl sites for hydroxylation is 3. The molecule has 1 aliphatic rings. The van der Waals surface area contributed by atoms with Crippen LogP contribution in [0.3, 0.4) is 0 Å². The molecule has 7 heteroatoms. The van der Waals surface area contributed by atoms with Gasteiger partial charge in [0.25, 0.3) is 5.91 Å². The van der Waals surface area contributed by atoms with E-state index < -0.39 is 6.10 Å². The zero-order chi connectivity index (χ0) is 20.4. The second-order valence-corrected chi connectivity index (χ2v) is 7.09. The minimum atomic E-state index is -0.703. The molecule has 29 heavy (non-hydrogen) atoms. The minimum Gasteiger partial charge on any atom is -0.380 e. The summed E-state index contributed by atoms with van der Waals surface area (Å²) in [5, 5.41) is 8.33. The van der Waals surface area contributed by atoms with Crippen LogP contribution in [0, 0.1) is 20.8 Å². The number of hydrogen-bond acceptors (Lipinski definition) is 6. The van der Waals surface area contributed by atoms with E-state index in [1.54, 1.807) is 11.1 Å². The molecule has 0 saturated carbocycles. The summed E-state index contributed by atoms with van der Waals surface area (Å²) in [6, 6.07) is 13.5. The highest BCUT2D eigenvalue weighted by Crippen LogP contribution is 2.23. The molecule has 7 nitrogen and oxygen atoms in total. The maximum absolute atomic E-state index is 13.4. The number of oxime groups is 1. The van der Waals surface area contributed by atoms with Crippen molar-refractivity contribution >= 4 is 11.7 Å². The maximum Gasteiger partial charge on any atom is 0.272 e. The van der Waals surface area contributed by atoms with Crippen LogP contribution in [0.4, 0.5) is 0 Å². The predicted molar refractivity (Wildman–Crippen MR) is 107 cm³/mol. The first-order valence-electron chi connectivity index (χ1n) is 9.47. The summed E-state index contributed by atoms with van der Waals surface area (Å²) in [5.41, 5.74) is 4.15. The summed E-state index contributed by atoms with van der Waals surface area (Å²) in [5.74, 6) is 0.916. The summed E-state index contributed by atoms with van der Waals surface area (Å²) in [4.78, 5) is 25.1. The van der Waals surface area contributed by atoms with Crippen LogP contribution in [-0.2, 0) is 22.6 Å². The number of benzene rings is 1. The lowest BCUT2D eigenvalue weighted by atomic mass is 10.0. The number of carbonyl (C=O) groups excluding carboxylic acids is 1. The Hall–Kier alpha value is -3.48. The molecule has 0 radical (unpaired) electrons. The lowest BCUT2D eigenvalue weighted by molar-refractivity contribution is -0.143. The molecule has 2 aromatic heterocycles. The van der Waals surface area contributed by atoms with E-state index in [2.05, 4.69) is 15.3 Å². The quantitative estimate of drug-likeness (QED) is 0.668. The molecule has 1 amide bonds. The summed E-state index contributed by atoms with van der Waals surface area (Å²) in [6.07, 6.45) is 1.42. The van der Waals surface area contributed by atoms with Gasteiger partial charge in [0, 0.05) is 18.2 Å². The molecule has 0 fully saturated rings. The normalized spacial score (nSPS) is 16.5. The summed E-state index contributed by atoms with van der Waals surface area (Å²) >= 11 is 0. The SMILES string of the molecule is Cc1cccnc1C1=NOC(Cc2ccccc2)C(=O)N1Cc1c(C)noc1C. The average molecular weight is 390 g/mol. The van der Waals surface area contributed by atoms with E-state index in [4.69, 9.17) is 9.36 Å². The van der Waals surface area contributed by atoms with E-state index in [0.717, 1.165) is 22.4 Å². The number of aromatic nitrogens is 2. The Morgan fingerprint density at radius 2 is 1.86 bits per heavy atom. The van der Waals surface area contributed by atoms with Gasteiger partial charge in [-0.2, -0.15) is 0 Å². The second kappa shape index (κ2) is 7.87. The van der Waals surface area contributed by atoms with E-state index in [1.165, 1.54) is 0 Å². The Bertz CT molecular complexity index is 1040. The smallest absolute Gasteiger partial charge is 0.272 e. The van der Waals surface area contributed by atoms with Gasteiger partial charge in [-0.1, -0.05) is 46.7 Å². The molecule has 3 aromatic rings. The first kappa shape index (κ1) is 18.9. The van der Waals surface area contributed by atoms with E-state index in [1.807, 2.05) is 63.2 Å². The van der Waals surface area contributed by atoms with Crippen molar-refractivity contribution < 1.29 is 14.2 Å². The second-order valence-electron chi connectivity index (χ2n) is 7.09. The first-order valence-corrected chi connectivity index (χ1v) is 9.47. The third kappa shape index (κ3) is 3.76. The standard InChI is InChI=1S/C22H22N4O3/c1-14-8-7-11-23-20(14)21-25-29-19(12-17-9-5-4-6-10-17)22(27)26(21)13-18-15(2)24-28-16(18)3/h4-11,19H,12-13H2,1-3H3. The van der Waals surface area contributed by atoms with Crippen LogP contribution in [0.2, 0.25) is 0 Å². The van der Waals surface area contributed by atoms with E-state index in [0.29, 0.717) is 30.3 Å². The van der Waals surface area contributed by atoms with Gasteiger partial charge in [0.2, 0.25) is 11.9 Å². The highest BCUT2D eigenvalue weighted by Gasteiger charge is 2.36. The minimum absolute atomic E-state index is 0.163. The molecule has 1 atom stereocenters. The van der Waals surface area contributed by atoms with Gasteiger partial charge in [-0.15, -0.1) is 0 Å². The molecule has 1 aromatic carbocycles. The van der Waals surface area contributed by atoms with Crippen LogP contribution < -0.4 is 0 Å². The topological polar surface area (TPSA) is 80.8 Å². The molecule has 1 unspecified atom stereocenters. The Balaban J connectivity index is 1.71. The molecular weight excluding hydrogens is 368 g/mol. The van der Waals surface area contributed by atoms with Gasteiger partial charge in [0.05, 0.1) is 12.2 Å². The molecule has 1 aliphatic heterocycles. The molecule has 4 rings (SSSR count). The lowest BCUT2D eigenvalue weighted by Crippen LogP contribution is -2.48. The van der Waals surface area contributed by atoms with Crippen molar-refractivity contribution in [3.63, 3.8) is 0 Å². The van der Waals surface area contributed by atoms with Crippen molar-refractivity contribution in [2.75, 3.05) is 0 Å². The summed E-state index contributed by atoms with van der Waals surface area (Å²) in [7, 11) is 0. The Morgan fingerprint density at radius 1 is 1.07 bits per heavy atom. The Kier molecular flexibility index (Phi) is 5.12. The number of amides is 1. The van der Waals surface area contributed by atoms with Crippen molar-refractivity contribution in [3.8, 4) is 0 Å². The van der Waals surface area contributed by atoms with Crippen LogP contribution in [0.1, 0.15) is 33.8 Å². The van der Waals surface area contributed by atoms with Gasteiger partial charge in [-0.05, 0) is 38.0 Å². The summed E-state index contributed by atoms with van der Waals surface area (Å²) in [6.45, 7) is 5.93. The molecule has 0 saturated heterocycles. The molecular formula is C22H22N4O3. The molecule has 0 aliphatic carbocycles. The molecule has 3 heterocycles. The predicted octanol–water partition coefficient (Wildman–Crippen LogP) is 3.33. The molecule has 148 valence electrons. The fraction of sp³-hybridized carbons (Fsp3) is 0.273. The fourth-order valence-electron chi connectivity index (χ4n) is 3.37. The third-order valence-electron chi connectivity index (χ3n) is 5.05. The van der Waals surface area contributed by atoms with Crippen LogP contribution in [-0.4, -0.2) is 32.9 Å². The number of carbonyl (C=O) groups is 1. The number of pyridine rings is 1. The number of hydrogen-bond donors (Lipinski definition) is 0. The highest BCUT2D eigenvalue weighted by molar-refractivity contribution is 6.09. The third-order valence-corrected chi connectivity index (χ3v) is 5.05. The van der Waals surface area contributed by atoms with E-state index in [9.17, 15) is 4.79 Å². The fourth-order valence-corrected chi connectivity index (χ4v) is 3.37. The highest BCUT2D eigenvalue weighted by atomic mass is 16.6. The number of amidine groups is 1. The van der Waals surface area contributed by atoms with Gasteiger partial charge in [0.1, 0.15) is 11.5 Å². The van der Waals surface area contributed by atoms with Crippen LogP contribution in [0.15, 0.2) is 58.3 Å². The lowest BCUT2D eigenvalue weighted by Gasteiger charge is -2.31.